The molecule has 2 nitrogen and oxygen atoms in total. The van der Waals surface area contributed by atoms with Gasteiger partial charge in [-0.15, -0.1) is 11.6 Å². The van der Waals surface area contributed by atoms with Crippen LogP contribution in [0.25, 0.3) is 0 Å². The normalized spacial score (nSPS) is 10.4. The average molecular weight is 282 g/mol. The maximum atomic E-state index is 5.91. The van der Waals surface area contributed by atoms with Gasteiger partial charge in [0.15, 0.2) is 0 Å². The van der Waals surface area contributed by atoms with Crippen LogP contribution < -0.4 is 4.74 Å². The Bertz CT molecular complexity index is 543. The van der Waals surface area contributed by atoms with Crippen LogP contribution in [-0.4, -0.2) is 4.98 Å². The first-order valence-corrected chi connectivity index (χ1v) is 6.48. The van der Waals surface area contributed by atoms with Gasteiger partial charge >= 0.3 is 0 Å². The van der Waals surface area contributed by atoms with E-state index >= 15 is 0 Å². The lowest BCUT2D eigenvalue weighted by atomic mass is 10.2. The summed E-state index contributed by atoms with van der Waals surface area (Å²) in [5, 5.41) is 0.662. The lowest BCUT2D eigenvalue weighted by Gasteiger charge is -2.10. The molecule has 1 aromatic carbocycles. The molecule has 1 heterocycles. The summed E-state index contributed by atoms with van der Waals surface area (Å²) in [6, 6.07) is 7.49. The Morgan fingerprint density at radius 3 is 2.78 bits per heavy atom. The van der Waals surface area contributed by atoms with Crippen LogP contribution >= 0.6 is 23.2 Å². The zero-order valence-electron chi connectivity index (χ0n) is 9.99. The first kappa shape index (κ1) is 13.2. The van der Waals surface area contributed by atoms with E-state index in [0.29, 0.717) is 17.5 Å². The number of aromatic nitrogens is 1. The second kappa shape index (κ2) is 6.07. The number of hydrogen-bond donors (Lipinski definition) is 0. The average Bonchev–Trinajstić information content (AvgIpc) is 2.37. The van der Waals surface area contributed by atoms with E-state index in [1.807, 2.05) is 31.3 Å². The molecule has 0 atom stereocenters. The minimum atomic E-state index is 0.377. The van der Waals surface area contributed by atoms with Crippen LogP contribution in [-0.2, 0) is 12.5 Å². The molecule has 0 N–H and O–H groups in total. The van der Waals surface area contributed by atoms with Gasteiger partial charge in [-0.1, -0.05) is 11.6 Å². The number of rotatable bonds is 4. The SMILES string of the molecule is Cc1cncc(COc2ccc(Cl)cc2CCl)c1. The zero-order valence-corrected chi connectivity index (χ0v) is 11.5. The standard InChI is InChI=1S/C14H13Cl2NO/c1-10-4-11(8-17-7-10)9-18-14-3-2-13(16)5-12(14)6-15/h2-5,7-8H,6,9H2,1H3. The number of pyridine rings is 1. The molecule has 0 unspecified atom stereocenters. The van der Waals surface area contributed by atoms with Crippen molar-refractivity contribution in [1.29, 1.82) is 0 Å². The maximum Gasteiger partial charge on any atom is 0.124 e. The number of aryl methyl sites for hydroxylation is 1. The van der Waals surface area contributed by atoms with Crippen molar-refractivity contribution in [2.75, 3.05) is 0 Å². The lowest BCUT2D eigenvalue weighted by molar-refractivity contribution is 0.303. The summed E-state index contributed by atoms with van der Waals surface area (Å²) < 4.78 is 5.74. The van der Waals surface area contributed by atoms with Crippen LogP contribution in [0.4, 0.5) is 0 Å². The van der Waals surface area contributed by atoms with E-state index in [0.717, 1.165) is 22.4 Å². The third kappa shape index (κ3) is 3.37. The van der Waals surface area contributed by atoms with Gasteiger partial charge in [0.05, 0.1) is 5.88 Å². The number of alkyl halides is 1. The summed E-state index contributed by atoms with van der Waals surface area (Å²) in [7, 11) is 0. The van der Waals surface area contributed by atoms with Crippen LogP contribution in [0.2, 0.25) is 5.02 Å². The minimum Gasteiger partial charge on any atom is -0.489 e. The molecule has 0 amide bonds. The highest BCUT2D eigenvalue weighted by molar-refractivity contribution is 6.30. The second-order valence-corrected chi connectivity index (χ2v) is 4.75. The van der Waals surface area contributed by atoms with E-state index in [9.17, 15) is 0 Å². The summed E-state index contributed by atoms with van der Waals surface area (Å²) in [4.78, 5) is 4.13. The Hall–Kier alpha value is -1.25. The van der Waals surface area contributed by atoms with Crippen LogP contribution in [0.5, 0.6) is 5.75 Å². The van der Waals surface area contributed by atoms with E-state index in [1.165, 1.54) is 0 Å². The largest absolute Gasteiger partial charge is 0.489 e. The molecule has 0 saturated heterocycles. The number of hydrogen-bond acceptors (Lipinski definition) is 2. The third-order valence-corrected chi connectivity index (χ3v) is 3.02. The highest BCUT2D eigenvalue weighted by Gasteiger charge is 2.04. The third-order valence-electron chi connectivity index (χ3n) is 2.49. The fourth-order valence-corrected chi connectivity index (χ4v) is 2.05. The highest BCUT2D eigenvalue weighted by atomic mass is 35.5. The molecule has 1 aromatic heterocycles. The summed E-state index contributed by atoms with van der Waals surface area (Å²) >= 11 is 11.8. The molecule has 94 valence electrons. The van der Waals surface area contributed by atoms with Crippen molar-refractivity contribution in [3.05, 3.63) is 58.4 Å². The summed E-state index contributed by atoms with van der Waals surface area (Å²) in [6.45, 7) is 2.48. The van der Waals surface area contributed by atoms with Gasteiger partial charge in [-0.05, 0) is 36.8 Å². The van der Waals surface area contributed by atoms with Gasteiger partial charge in [-0.25, -0.2) is 0 Å². The van der Waals surface area contributed by atoms with E-state index in [-0.39, 0.29) is 0 Å². The second-order valence-electron chi connectivity index (χ2n) is 4.04. The molecule has 4 heteroatoms. The molecule has 0 spiro atoms. The number of benzene rings is 1. The van der Waals surface area contributed by atoms with Gasteiger partial charge < -0.3 is 4.74 Å². The van der Waals surface area contributed by atoms with E-state index in [2.05, 4.69) is 4.98 Å². The molecule has 0 radical (unpaired) electrons. The first-order valence-electron chi connectivity index (χ1n) is 5.57. The van der Waals surface area contributed by atoms with Gasteiger partial charge in [0.1, 0.15) is 12.4 Å². The fourth-order valence-electron chi connectivity index (χ4n) is 1.65. The van der Waals surface area contributed by atoms with Crippen LogP contribution in [0.3, 0.4) is 0 Å². The fraction of sp³-hybridized carbons (Fsp3) is 0.214. The molecule has 2 rings (SSSR count). The minimum absolute atomic E-state index is 0.377. The maximum absolute atomic E-state index is 5.91. The lowest BCUT2D eigenvalue weighted by Crippen LogP contribution is -1.98. The van der Waals surface area contributed by atoms with Crippen molar-refractivity contribution in [2.24, 2.45) is 0 Å². The van der Waals surface area contributed by atoms with Crippen LogP contribution in [0, 0.1) is 6.92 Å². The smallest absolute Gasteiger partial charge is 0.124 e. The van der Waals surface area contributed by atoms with Gasteiger partial charge in [0, 0.05) is 28.5 Å². The Kier molecular flexibility index (Phi) is 4.45. The number of halogens is 2. The van der Waals surface area contributed by atoms with Crippen LogP contribution in [0.15, 0.2) is 36.7 Å². The molecule has 0 saturated carbocycles. The summed E-state index contributed by atoms with van der Waals surface area (Å²) in [5.41, 5.74) is 3.04. The molecular formula is C14H13Cl2NO. The first-order chi connectivity index (χ1) is 8.69. The van der Waals surface area contributed by atoms with E-state index in [1.54, 1.807) is 12.3 Å². The van der Waals surface area contributed by atoms with Crippen molar-refractivity contribution in [3.63, 3.8) is 0 Å². The number of ether oxygens (including phenoxy) is 1. The highest BCUT2D eigenvalue weighted by Crippen LogP contribution is 2.25. The van der Waals surface area contributed by atoms with Crippen molar-refractivity contribution in [3.8, 4) is 5.75 Å². The molecule has 2 aromatic rings. The van der Waals surface area contributed by atoms with Crippen molar-refractivity contribution in [1.82, 2.24) is 4.98 Å². The summed E-state index contributed by atoms with van der Waals surface area (Å²) in [6.07, 6.45) is 3.61. The molecule has 0 fully saturated rings. The number of nitrogens with zero attached hydrogens (tertiary/aromatic N) is 1. The Labute approximate surface area is 117 Å². The molecule has 0 aliphatic carbocycles. The van der Waals surface area contributed by atoms with Gasteiger partial charge in [0.25, 0.3) is 0 Å². The molecular weight excluding hydrogens is 269 g/mol. The van der Waals surface area contributed by atoms with Crippen molar-refractivity contribution >= 4 is 23.2 Å². The van der Waals surface area contributed by atoms with E-state index in [4.69, 9.17) is 27.9 Å². The predicted octanol–water partition coefficient (Wildman–Crippen LogP) is 4.36. The quantitative estimate of drug-likeness (QED) is 0.777. The van der Waals surface area contributed by atoms with Crippen molar-refractivity contribution in [2.45, 2.75) is 19.4 Å². The Morgan fingerprint density at radius 2 is 2.06 bits per heavy atom. The molecule has 18 heavy (non-hydrogen) atoms. The topological polar surface area (TPSA) is 22.1 Å². The predicted molar refractivity (Wildman–Crippen MR) is 74.3 cm³/mol. The zero-order chi connectivity index (χ0) is 13.0. The van der Waals surface area contributed by atoms with E-state index < -0.39 is 0 Å². The molecule has 0 aliphatic heterocycles. The van der Waals surface area contributed by atoms with Gasteiger partial charge in [-0.2, -0.15) is 0 Å². The Morgan fingerprint density at radius 1 is 1.22 bits per heavy atom. The van der Waals surface area contributed by atoms with Crippen molar-refractivity contribution < 1.29 is 4.74 Å². The van der Waals surface area contributed by atoms with Gasteiger partial charge in [-0.3, -0.25) is 4.98 Å². The van der Waals surface area contributed by atoms with Crippen LogP contribution in [0.1, 0.15) is 16.7 Å². The molecule has 0 aliphatic rings. The monoisotopic (exact) mass is 281 g/mol. The summed E-state index contributed by atoms with van der Waals surface area (Å²) in [5.74, 6) is 1.14. The molecule has 0 bridgehead atoms. The van der Waals surface area contributed by atoms with Gasteiger partial charge in [0.2, 0.25) is 0 Å². The Balaban J connectivity index is 2.10.